The van der Waals surface area contributed by atoms with Crippen LogP contribution in [0, 0.1) is 0 Å². The average molecular weight is 278 g/mol. The highest BCUT2D eigenvalue weighted by molar-refractivity contribution is 6.34. The molecule has 1 aliphatic rings. The van der Waals surface area contributed by atoms with E-state index in [2.05, 4.69) is 10.3 Å². The third-order valence-corrected chi connectivity index (χ3v) is 2.76. The normalized spacial score (nSPS) is 16.8. The molecule has 1 aromatic rings. The number of benzene rings is 1. The number of guanidine groups is 1. The summed E-state index contributed by atoms with van der Waals surface area (Å²) in [6, 6.07) is 3.67. The maximum atomic E-state index is 12.8. The van der Waals surface area contributed by atoms with Gasteiger partial charge in [0.2, 0.25) is 0 Å². The number of nitrogens with one attached hydrogen (secondary N) is 1. The second kappa shape index (κ2) is 4.68. The van der Waals surface area contributed by atoms with Crippen LogP contribution in [0.15, 0.2) is 23.2 Å². The van der Waals surface area contributed by atoms with Crippen molar-refractivity contribution in [2.45, 2.75) is 25.1 Å². The third-order valence-electron chi connectivity index (χ3n) is 2.44. The summed E-state index contributed by atoms with van der Waals surface area (Å²) < 4.78 is 38.3. The molecule has 0 bridgehead atoms. The Balaban J connectivity index is 2.30. The van der Waals surface area contributed by atoms with Gasteiger partial charge in [-0.25, -0.2) is 4.99 Å². The summed E-state index contributed by atoms with van der Waals surface area (Å²) >= 11 is 5.76. The molecule has 1 aliphatic carbocycles. The summed E-state index contributed by atoms with van der Waals surface area (Å²) in [6.45, 7) is 0. The smallest absolute Gasteiger partial charge is 0.370 e. The molecule has 7 heteroatoms. The fourth-order valence-electron chi connectivity index (χ4n) is 1.45. The number of halogens is 4. The van der Waals surface area contributed by atoms with Crippen LogP contribution >= 0.6 is 11.6 Å². The highest BCUT2D eigenvalue weighted by Gasteiger charge is 2.34. The van der Waals surface area contributed by atoms with Gasteiger partial charge < -0.3 is 11.1 Å². The maximum Gasteiger partial charge on any atom is 0.418 e. The first-order valence-electron chi connectivity index (χ1n) is 5.34. The lowest BCUT2D eigenvalue weighted by atomic mass is 10.1. The molecular formula is C11H11ClF3N3. The molecule has 0 aliphatic heterocycles. The quantitative estimate of drug-likeness (QED) is 0.644. The van der Waals surface area contributed by atoms with E-state index in [9.17, 15) is 13.2 Å². The van der Waals surface area contributed by atoms with Gasteiger partial charge in [-0.2, -0.15) is 13.2 Å². The van der Waals surface area contributed by atoms with E-state index in [1.165, 1.54) is 12.1 Å². The van der Waals surface area contributed by atoms with E-state index in [0.717, 1.165) is 18.9 Å². The largest absolute Gasteiger partial charge is 0.418 e. The zero-order chi connectivity index (χ0) is 13.3. The lowest BCUT2D eigenvalue weighted by Gasteiger charge is -2.15. The standard InChI is InChI=1S/C11H11ClF3N3/c12-8-3-1-2-7(11(13,14)15)9(8)18-10(16)17-6-4-5-6/h1-3,6H,4-5H2,(H3,16,17,18). The van der Waals surface area contributed by atoms with Crippen LogP contribution in [0.4, 0.5) is 18.9 Å². The van der Waals surface area contributed by atoms with Gasteiger partial charge in [0.15, 0.2) is 5.96 Å². The van der Waals surface area contributed by atoms with Crippen molar-refractivity contribution < 1.29 is 13.2 Å². The summed E-state index contributed by atoms with van der Waals surface area (Å²) in [7, 11) is 0. The highest BCUT2D eigenvalue weighted by atomic mass is 35.5. The van der Waals surface area contributed by atoms with E-state index in [1.54, 1.807) is 0 Å². The number of anilines is 1. The van der Waals surface area contributed by atoms with Crippen LogP contribution < -0.4 is 11.1 Å². The predicted molar refractivity (Wildman–Crippen MR) is 64.7 cm³/mol. The van der Waals surface area contributed by atoms with Crippen molar-refractivity contribution in [3.8, 4) is 0 Å². The van der Waals surface area contributed by atoms with Gasteiger partial charge in [-0.1, -0.05) is 17.7 Å². The molecule has 0 unspecified atom stereocenters. The maximum absolute atomic E-state index is 12.8. The van der Waals surface area contributed by atoms with E-state index >= 15 is 0 Å². The molecule has 1 fully saturated rings. The van der Waals surface area contributed by atoms with Crippen molar-refractivity contribution in [1.82, 2.24) is 0 Å². The number of para-hydroxylation sites is 1. The first-order valence-corrected chi connectivity index (χ1v) is 5.71. The van der Waals surface area contributed by atoms with Gasteiger partial charge >= 0.3 is 6.18 Å². The minimum atomic E-state index is -4.49. The molecule has 3 nitrogen and oxygen atoms in total. The van der Waals surface area contributed by atoms with Gasteiger partial charge in [-0.3, -0.25) is 0 Å². The highest BCUT2D eigenvalue weighted by Crippen LogP contribution is 2.38. The van der Waals surface area contributed by atoms with Gasteiger partial charge in [0, 0.05) is 0 Å². The summed E-state index contributed by atoms with van der Waals surface area (Å²) in [5.41, 5.74) is 4.43. The fourth-order valence-corrected chi connectivity index (χ4v) is 1.67. The Bertz CT molecular complexity index is 481. The molecule has 0 aromatic heterocycles. The number of alkyl halides is 3. The van der Waals surface area contributed by atoms with Crippen LogP contribution in [0.1, 0.15) is 18.4 Å². The lowest BCUT2D eigenvalue weighted by molar-refractivity contribution is -0.136. The lowest BCUT2D eigenvalue weighted by Crippen LogP contribution is -2.25. The van der Waals surface area contributed by atoms with Gasteiger partial charge in [-0.05, 0) is 25.0 Å². The van der Waals surface area contributed by atoms with Crippen molar-refractivity contribution in [2.75, 3.05) is 5.32 Å². The first kappa shape index (κ1) is 13.0. The first-order chi connectivity index (χ1) is 8.38. The fraction of sp³-hybridized carbons (Fsp3) is 0.364. The molecule has 98 valence electrons. The molecule has 3 N–H and O–H groups in total. The Labute approximate surface area is 107 Å². The molecule has 0 atom stereocenters. The Morgan fingerprint density at radius 2 is 2.06 bits per heavy atom. The van der Waals surface area contributed by atoms with E-state index in [1.807, 2.05) is 0 Å². The zero-order valence-electron chi connectivity index (χ0n) is 9.26. The molecule has 2 rings (SSSR count). The van der Waals surface area contributed by atoms with Gasteiger partial charge in [0.25, 0.3) is 0 Å². The molecule has 0 saturated heterocycles. The van der Waals surface area contributed by atoms with Gasteiger partial charge in [0.1, 0.15) is 0 Å². The second-order valence-electron chi connectivity index (χ2n) is 4.03. The molecule has 0 spiro atoms. The summed E-state index contributed by atoms with van der Waals surface area (Å²) in [5, 5.41) is 2.39. The molecular weight excluding hydrogens is 267 g/mol. The molecule has 1 aromatic carbocycles. The number of hydrogen-bond donors (Lipinski definition) is 2. The number of hydrogen-bond acceptors (Lipinski definition) is 1. The van der Waals surface area contributed by atoms with Crippen LogP contribution in [-0.2, 0) is 6.18 Å². The summed E-state index contributed by atoms with van der Waals surface area (Å²) in [6.07, 6.45) is -2.67. The Morgan fingerprint density at radius 1 is 1.39 bits per heavy atom. The SMILES string of the molecule is NC(=NC1CC1)Nc1c(Cl)cccc1C(F)(F)F. The Hall–Kier alpha value is -1.43. The van der Waals surface area contributed by atoms with Crippen LogP contribution in [0.5, 0.6) is 0 Å². The number of aliphatic imine (C=N–C) groups is 1. The van der Waals surface area contributed by atoms with Crippen LogP contribution in [0.3, 0.4) is 0 Å². The number of nitrogens with zero attached hydrogens (tertiary/aromatic N) is 1. The zero-order valence-corrected chi connectivity index (χ0v) is 10.0. The number of rotatable bonds is 2. The topological polar surface area (TPSA) is 50.4 Å². The van der Waals surface area contributed by atoms with Crippen molar-refractivity contribution in [3.05, 3.63) is 28.8 Å². The Kier molecular flexibility index (Phi) is 3.38. The average Bonchev–Trinajstić information content (AvgIpc) is 3.03. The summed E-state index contributed by atoms with van der Waals surface area (Å²) in [4.78, 5) is 4.01. The van der Waals surface area contributed by atoms with E-state index in [-0.39, 0.29) is 22.7 Å². The van der Waals surface area contributed by atoms with Crippen molar-refractivity contribution in [1.29, 1.82) is 0 Å². The van der Waals surface area contributed by atoms with Crippen LogP contribution in [0.25, 0.3) is 0 Å². The molecule has 1 saturated carbocycles. The number of nitrogens with two attached hydrogens (primary N) is 1. The van der Waals surface area contributed by atoms with Gasteiger partial charge in [0.05, 0.1) is 22.3 Å². The predicted octanol–water partition coefficient (Wildman–Crippen LogP) is 3.25. The van der Waals surface area contributed by atoms with Crippen molar-refractivity contribution in [3.63, 3.8) is 0 Å². The van der Waals surface area contributed by atoms with E-state index < -0.39 is 11.7 Å². The second-order valence-corrected chi connectivity index (χ2v) is 4.44. The minimum absolute atomic E-state index is 0.0428. The monoisotopic (exact) mass is 277 g/mol. The molecule has 18 heavy (non-hydrogen) atoms. The van der Waals surface area contributed by atoms with Crippen LogP contribution in [-0.4, -0.2) is 12.0 Å². The molecule has 0 amide bonds. The minimum Gasteiger partial charge on any atom is -0.370 e. The van der Waals surface area contributed by atoms with E-state index in [0.29, 0.717) is 0 Å². The molecule has 0 radical (unpaired) electrons. The van der Waals surface area contributed by atoms with Crippen molar-refractivity contribution >= 4 is 23.2 Å². The van der Waals surface area contributed by atoms with Gasteiger partial charge in [-0.15, -0.1) is 0 Å². The Morgan fingerprint density at radius 3 is 2.61 bits per heavy atom. The van der Waals surface area contributed by atoms with Crippen LogP contribution in [0.2, 0.25) is 5.02 Å². The van der Waals surface area contributed by atoms with E-state index in [4.69, 9.17) is 17.3 Å². The molecule has 0 heterocycles. The summed E-state index contributed by atoms with van der Waals surface area (Å²) in [5.74, 6) is -0.0453. The third kappa shape index (κ3) is 3.07. The van der Waals surface area contributed by atoms with Crippen molar-refractivity contribution in [2.24, 2.45) is 10.7 Å².